The molecule has 10 heteroatoms. The molecule has 0 fully saturated rings. The molecule has 0 radical (unpaired) electrons. The number of sulfonamides is 1. The summed E-state index contributed by atoms with van der Waals surface area (Å²) in [5.74, 6) is -2.42. The molecule has 0 aliphatic rings. The van der Waals surface area contributed by atoms with Gasteiger partial charge in [-0.1, -0.05) is 0 Å². The van der Waals surface area contributed by atoms with Crippen LogP contribution in [0.5, 0.6) is 0 Å². The van der Waals surface area contributed by atoms with Crippen molar-refractivity contribution in [2.24, 2.45) is 5.14 Å². The van der Waals surface area contributed by atoms with Crippen LogP contribution in [-0.2, 0) is 24.3 Å². The maximum absolute atomic E-state index is 11.9. The average Bonchev–Trinajstić information content (AvgIpc) is 2.61. The largest absolute Gasteiger partial charge is 0.465 e. The summed E-state index contributed by atoms with van der Waals surface area (Å²) in [6.07, 6.45) is 0. The van der Waals surface area contributed by atoms with Gasteiger partial charge in [-0.3, -0.25) is 9.59 Å². The number of benzene rings is 2. The molecule has 0 aromatic heterocycles. The quantitative estimate of drug-likeness (QED) is 0.528. The number of methoxy groups -OCH3 is 1. The van der Waals surface area contributed by atoms with Crippen molar-refractivity contribution >= 4 is 39.2 Å². The van der Waals surface area contributed by atoms with Crippen LogP contribution in [0.1, 0.15) is 10.4 Å². The van der Waals surface area contributed by atoms with Crippen molar-refractivity contribution in [1.82, 2.24) is 0 Å². The van der Waals surface area contributed by atoms with Crippen LogP contribution in [0.15, 0.2) is 53.4 Å². The lowest BCUT2D eigenvalue weighted by atomic mass is 10.2. The number of carbonyl (C=O) groups is 3. The van der Waals surface area contributed by atoms with Gasteiger partial charge in [0.2, 0.25) is 10.0 Å². The van der Waals surface area contributed by atoms with Crippen LogP contribution >= 0.6 is 0 Å². The lowest BCUT2D eigenvalue weighted by molar-refractivity contribution is -0.132. The van der Waals surface area contributed by atoms with E-state index in [1.54, 1.807) is 0 Å². The highest BCUT2D eigenvalue weighted by Gasteiger charge is 2.15. The number of amides is 2. The van der Waals surface area contributed by atoms with Gasteiger partial charge < -0.3 is 15.4 Å². The predicted molar refractivity (Wildman–Crippen MR) is 92.9 cm³/mol. The SMILES string of the molecule is COC(=O)c1ccc(NC(=O)C(=O)Nc2ccc(S(N)(=O)=O)cc2)cc1. The highest BCUT2D eigenvalue weighted by molar-refractivity contribution is 7.89. The van der Waals surface area contributed by atoms with Gasteiger partial charge in [0.1, 0.15) is 0 Å². The van der Waals surface area contributed by atoms with E-state index in [-0.39, 0.29) is 10.6 Å². The normalized spacial score (nSPS) is 10.7. The Hall–Kier alpha value is -3.24. The Morgan fingerprint density at radius 3 is 1.65 bits per heavy atom. The van der Waals surface area contributed by atoms with Gasteiger partial charge in [-0.25, -0.2) is 18.4 Å². The molecule has 0 bridgehead atoms. The van der Waals surface area contributed by atoms with Gasteiger partial charge in [0.15, 0.2) is 0 Å². The number of esters is 1. The smallest absolute Gasteiger partial charge is 0.337 e. The number of nitrogens with two attached hydrogens (primary N) is 1. The number of rotatable bonds is 4. The van der Waals surface area contributed by atoms with E-state index in [0.717, 1.165) is 0 Å². The second kappa shape index (κ2) is 7.76. The second-order valence-electron chi connectivity index (χ2n) is 5.05. The first kappa shape index (κ1) is 19.1. The number of nitrogens with one attached hydrogen (secondary N) is 2. The van der Waals surface area contributed by atoms with Crippen LogP contribution in [0.4, 0.5) is 11.4 Å². The number of hydrogen-bond acceptors (Lipinski definition) is 6. The third kappa shape index (κ3) is 4.88. The van der Waals surface area contributed by atoms with E-state index in [2.05, 4.69) is 15.4 Å². The zero-order chi connectivity index (χ0) is 19.3. The Morgan fingerprint density at radius 1 is 0.846 bits per heavy atom. The highest BCUT2D eigenvalue weighted by atomic mass is 32.2. The molecule has 0 heterocycles. The number of primary sulfonamides is 1. The Kier molecular flexibility index (Phi) is 5.70. The molecule has 136 valence electrons. The van der Waals surface area contributed by atoms with Crippen LogP contribution in [0.25, 0.3) is 0 Å². The lowest BCUT2D eigenvalue weighted by Gasteiger charge is -2.07. The Morgan fingerprint density at radius 2 is 1.27 bits per heavy atom. The van der Waals surface area contributed by atoms with Gasteiger partial charge in [-0.2, -0.15) is 0 Å². The van der Waals surface area contributed by atoms with Crippen molar-refractivity contribution < 1.29 is 27.5 Å². The number of carbonyl (C=O) groups excluding carboxylic acids is 3. The third-order valence-corrected chi connectivity index (χ3v) is 4.14. The van der Waals surface area contributed by atoms with E-state index in [1.165, 1.54) is 55.6 Å². The number of hydrogen-bond donors (Lipinski definition) is 3. The zero-order valence-corrected chi connectivity index (χ0v) is 14.4. The first-order valence-electron chi connectivity index (χ1n) is 7.14. The molecular weight excluding hydrogens is 362 g/mol. The molecule has 26 heavy (non-hydrogen) atoms. The van der Waals surface area contributed by atoms with Crippen LogP contribution in [0, 0.1) is 0 Å². The molecule has 0 spiro atoms. The Balaban J connectivity index is 1.99. The first-order chi connectivity index (χ1) is 12.2. The minimum Gasteiger partial charge on any atom is -0.465 e. The molecule has 4 N–H and O–H groups in total. The minimum atomic E-state index is -3.84. The molecule has 2 aromatic rings. The fraction of sp³-hybridized carbons (Fsp3) is 0.0625. The van der Waals surface area contributed by atoms with E-state index >= 15 is 0 Å². The second-order valence-corrected chi connectivity index (χ2v) is 6.61. The molecule has 9 nitrogen and oxygen atoms in total. The van der Waals surface area contributed by atoms with Gasteiger partial charge in [-0.05, 0) is 48.5 Å². The summed E-state index contributed by atoms with van der Waals surface area (Å²) in [6, 6.07) is 10.8. The molecule has 0 aliphatic carbocycles. The predicted octanol–water partition coefficient (Wildman–Crippen LogP) is 0.698. The average molecular weight is 377 g/mol. The summed E-state index contributed by atoms with van der Waals surface area (Å²) in [6.45, 7) is 0. The van der Waals surface area contributed by atoms with E-state index in [4.69, 9.17) is 5.14 Å². The highest BCUT2D eigenvalue weighted by Crippen LogP contribution is 2.13. The van der Waals surface area contributed by atoms with Crippen LogP contribution in [0.2, 0.25) is 0 Å². The van der Waals surface area contributed by atoms with Crippen molar-refractivity contribution in [2.75, 3.05) is 17.7 Å². The van der Waals surface area contributed by atoms with E-state index < -0.39 is 27.8 Å². The van der Waals surface area contributed by atoms with Crippen LogP contribution < -0.4 is 15.8 Å². The molecule has 0 saturated heterocycles. The molecular formula is C16H15N3O6S. The zero-order valence-electron chi connectivity index (χ0n) is 13.6. The lowest BCUT2D eigenvalue weighted by Crippen LogP contribution is -2.29. The van der Waals surface area contributed by atoms with E-state index in [1.807, 2.05) is 0 Å². The molecule has 0 aliphatic heterocycles. The third-order valence-electron chi connectivity index (χ3n) is 3.21. The summed E-state index contributed by atoms with van der Waals surface area (Å²) >= 11 is 0. The van der Waals surface area contributed by atoms with Crippen molar-refractivity contribution in [1.29, 1.82) is 0 Å². The van der Waals surface area contributed by atoms with Crippen molar-refractivity contribution in [2.45, 2.75) is 4.90 Å². The summed E-state index contributed by atoms with van der Waals surface area (Å²) in [5.41, 5.74) is 0.825. The van der Waals surface area contributed by atoms with Gasteiger partial charge in [0.05, 0.1) is 17.6 Å². The summed E-state index contributed by atoms with van der Waals surface area (Å²) < 4.78 is 26.9. The monoisotopic (exact) mass is 377 g/mol. The number of ether oxygens (including phenoxy) is 1. The van der Waals surface area contributed by atoms with E-state index in [9.17, 15) is 22.8 Å². The maximum atomic E-state index is 11.9. The molecule has 2 rings (SSSR count). The molecule has 0 atom stereocenters. The van der Waals surface area contributed by atoms with Gasteiger partial charge in [0.25, 0.3) is 0 Å². The van der Waals surface area contributed by atoms with Gasteiger partial charge in [-0.15, -0.1) is 0 Å². The summed E-state index contributed by atoms with van der Waals surface area (Å²) in [4.78, 5) is 35.0. The fourth-order valence-electron chi connectivity index (χ4n) is 1.91. The molecule has 0 unspecified atom stereocenters. The van der Waals surface area contributed by atoms with Crippen molar-refractivity contribution in [3.8, 4) is 0 Å². The molecule has 2 amide bonds. The summed E-state index contributed by atoms with van der Waals surface area (Å²) in [7, 11) is -2.59. The molecule has 2 aromatic carbocycles. The van der Waals surface area contributed by atoms with Crippen LogP contribution in [0.3, 0.4) is 0 Å². The maximum Gasteiger partial charge on any atom is 0.337 e. The van der Waals surface area contributed by atoms with E-state index in [0.29, 0.717) is 11.3 Å². The minimum absolute atomic E-state index is 0.120. The Labute approximate surface area is 149 Å². The Bertz CT molecular complexity index is 937. The molecule has 0 saturated carbocycles. The van der Waals surface area contributed by atoms with Gasteiger partial charge >= 0.3 is 17.8 Å². The van der Waals surface area contributed by atoms with Crippen LogP contribution in [-0.4, -0.2) is 33.3 Å². The standard InChI is InChI=1S/C16H15N3O6S/c1-25-16(22)10-2-4-11(5-3-10)18-14(20)15(21)19-12-6-8-13(9-7-12)26(17,23)24/h2-9H,1H3,(H,18,20)(H,19,21)(H2,17,23,24). The first-order valence-corrected chi connectivity index (χ1v) is 8.69. The topological polar surface area (TPSA) is 145 Å². The number of anilines is 2. The van der Waals surface area contributed by atoms with Crippen molar-refractivity contribution in [3.05, 3.63) is 54.1 Å². The van der Waals surface area contributed by atoms with Crippen molar-refractivity contribution in [3.63, 3.8) is 0 Å². The summed E-state index contributed by atoms with van der Waals surface area (Å²) in [5, 5.41) is 9.65. The van der Waals surface area contributed by atoms with Gasteiger partial charge in [0, 0.05) is 11.4 Å². The fourth-order valence-corrected chi connectivity index (χ4v) is 2.43.